The molecular weight excluding hydrogens is 441 g/mol. The molecule has 1 aliphatic heterocycles. The summed E-state index contributed by atoms with van der Waals surface area (Å²) >= 11 is 0. The molecule has 2 N–H and O–H groups in total. The van der Waals surface area contributed by atoms with Gasteiger partial charge in [0, 0.05) is 57.9 Å². The molecule has 0 aromatic heterocycles. The molecule has 156 valence electrons. The number of aliphatic imine (C=N–C) groups is 1. The number of hydrogen-bond acceptors (Lipinski definition) is 4. The van der Waals surface area contributed by atoms with Crippen LogP contribution in [0.5, 0.6) is 0 Å². The van der Waals surface area contributed by atoms with Gasteiger partial charge in [0.25, 0.3) is 0 Å². The lowest BCUT2D eigenvalue weighted by atomic mass is 10.0. The predicted molar refractivity (Wildman–Crippen MR) is 123 cm³/mol. The monoisotopic (exact) mass is 483 g/mol. The van der Waals surface area contributed by atoms with E-state index in [1.54, 1.807) is 0 Å². The molecule has 1 rings (SSSR count). The smallest absolute Gasteiger partial charge is 0.191 e. The van der Waals surface area contributed by atoms with Gasteiger partial charge in [-0.05, 0) is 33.6 Å². The summed E-state index contributed by atoms with van der Waals surface area (Å²) in [5.41, 5.74) is 0. The fourth-order valence-corrected chi connectivity index (χ4v) is 3.53. The third-order valence-electron chi connectivity index (χ3n) is 4.98. The Kier molecular flexibility index (Phi) is 13.9. The Morgan fingerprint density at radius 1 is 1.04 bits per heavy atom. The number of nitrogens with one attached hydrogen (secondary N) is 2. The maximum absolute atomic E-state index is 5.49. The number of halogens is 1. The van der Waals surface area contributed by atoms with Crippen LogP contribution in [0.2, 0.25) is 0 Å². The molecule has 0 amide bonds. The largest absolute Gasteiger partial charge is 0.379 e. The van der Waals surface area contributed by atoms with E-state index < -0.39 is 0 Å². The van der Waals surface area contributed by atoms with Gasteiger partial charge < -0.3 is 15.4 Å². The number of morpholine rings is 1. The van der Waals surface area contributed by atoms with E-state index in [1.165, 1.54) is 0 Å². The lowest BCUT2D eigenvalue weighted by Gasteiger charge is -2.37. The van der Waals surface area contributed by atoms with Crippen LogP contribution < -0.4 is 10.6 Å². The number of guanidine groups is 1. The van der Waals surface area contributed by atoms with Crippen LogP contribution in [-0.4, -0.2) is 86.9 Å². The Morgan fingerprint density at radius 3 is 2.08 bits per heavy atom. The minimum Gasteiger partial charge on any atom is -0.379 e. The predicted octanol–water partition coefficient (Wildman–Crippen LogP) is 2.25. The van der Waals surface area contributed by atoms with E-state index in [1.807, 2.05) is 7.05 Å². The molecule has 1 fully saturated rings. The average molecular weight is 483 g/mol. The molecular formula is C19H42IN5O. The molecule has 0 radical (unpaired) electrons. The van der Waals surface area contributed by atoms with E-state index in [-0.39, 0.29) is 24.0 Å². The van der Waals surface area contributed by atoms with Gasteiger partial charge in [-0.15, -0.1) is 24.0 Å². The maximum atomic E-state index is 5.49. The van der Waals surface area contributed by atoms with Crippen LogP contribution >= 0.6 is 24.0 Å². The molecule has 26 heavy (non-hydrogen) atoms. The van der Waals surface area contributed by atoms with Crippen molar-refractivity contribution in [1.82, 2.24) is 20.4 Å². The van der Waals surface area contributed by atoms with Gasteiger partial charge in [0.1, 0.15) is 0 Å². The summed E-state index contributed by atoms with van der Waals surface area (Å²) in [6, 6.07) is 1.62. The third-order valence-corrected chi connectivity index (χ3v) is 4.98. The van der Waals surface area contributed by atoms with Crippen molar-refractivity contribution in [1.29, 1.82) is 0 Å². The molecule has 0 spiro atoms. The summed E-state index contributed by atoms with van der Waals surface area (Å²) in [6.07, 6.45) is 0. The van der Waals surface area contributed by atoms with Crippen molar-refractivity contribution in [2.75, 3.05) is 53.0 Å². The number of nitrogens with zero attached hydrogens (tertiary/aromatic N) is 3. The molecule has 0 aliphatic carbocycles. The fourth-order valence-electron chi connectivity index (χ4n) is 3.53. The summed E-state index contributed by atoms with van der Waals surface area (Å²) in [5.74, 6) is 1.49. The van der Waals surface area contributed by atoms with Gasteiger partial charge in [0.15, 0.2) is 5.96 Å². The first kappa shape index (κ1) is 25.9. The third kappa shape index (κ3) is 9.19. The van der Waals surface area contributed by atoms with E-state index in [9.17, 15) is 0 Å². The van der Waals surface area contributed by atoms with E-state index in [0.717, 1.165) is 51.9 Å². The summed E-state index contributed by atoms with van der Waals surface area (Å²) in [7, 11) is 1.84. The highest BCUT2D eigenvalue weighted by Crippen LogP contribution is 2.12. The molecule has 1 saturated heterocycles. The van der Waals surface area contributed by atoms with Gasteiger partial charge >= 0.3 is 0 Å². The second-order valence-corrected chi connectivity index (χ2v) is 7.76. The summed E-state index contributed by atoms with van der Waals surface area (Å²) in [5, 5.41) is 6.98. The van der Waals surface area contributed by atoms with E-state index >= 15 is 0 Å². The first-order valence-electron chi connectivity index (χ1n) is 9.88. The molecule has 1 heterocycles. The molecule has 6 nitrogen and oxygen atoms in total. The van der Waals surface area contributed by atoms with Crippen LogP contribution in [0.1, 0.15) is 41.5 Å². The molecule has 0 bridgehead atoms. The quantitative estimate of drug-likeness (QED) is 0.299. The number of ether oxygens (including phenoxy) is 1. The second kappa shape index (κ2) is 14.0. The van der Waals surface area contributed by atoms with Gasteiger partial charge in [0.05, 0.1) is 13.2 Å². The summed E-state index contributed by atoms with van der Waals surface area (Å²) < 4.78 is 5.49. The first-order valence-corrected chi connectivity index (χ1v) is 9.88. The van der Waals surface area contributed by atoms with Crippen molar-refractivity contribution in [3.8, 4) is 0 Å². The van der Waals surface area contributed by atoms with Crippen molar-refractivity contribution in [2.45, 2.75) is 59.7 Å². The van der Waals surface area contributed by atoms with Crippen LogP contribution in [0.25, 0.3) is 0 Å². The van der Waals surface area contributed by atoms with Gasteiger partial charge in [-0.25, -0.2) is 0 Å². The van der Waals surface area contributed by atoms with E-state index in [0.29, 0.717) is 24.0 Å². The standard InChI is InChI=1S/C19H41N5O.HI/c1-15(2)18(23-10-12-25-13-11-23)14-22-19(20-7)21-8-9-24(16(3)4)17(5)6;/h15-18H,8-14H2,1-7H3,(H2,20,21,22);1H. The molecule has 0 saturated carbocycles. The van der Waals surface area contributed by atoms with Crippen LogP contribution in [0.3, 0.4) is 0 Å². The van der Waals surface area contributed by atoms with Gasteiger partial charge in [0.2, 0.25) is 0 Å². The minimum absolute atomic E-state index is 0. The van der Waals surface area contributed by atoms with Gasteiger partial charge in [-0.3, -0.25) is 14.8 Å². The Labute approximate surface area is 178 Å². The van der Waals surface area contributed by atoms with Crippen molar-refractivity contribution in [3.63, 3.8) is 0 Å². The number of hydrogen-bond donors (Lipinski definition) is 2. The molecule has 1 atom stereocenters. The zero-order valence-electron chi connectivity index (χ0n) is 17.9. The minimum atomic E-state index is 0. The highest BCUT2D eigenvalue weighted by atomic mass is 127. The molecule has 7 heteroatoms. The van der Waals surface area contributed by atoms with Crippen molar-refractivity contribution in [3.05, 3.63) is 0 Å². The normalized spacial score (nSPS) is 17.7. The zero-order valence-corrected chi connectivity index (χ0v) is 20.2. The Balaban J connectivity index is 0.00000625. The Bertz CT molecular complexity index is 376. The molecule has 0 aromatic rings. The second-order valence-electron chi connectivity index (χ2n) is 7.76. The number of rotatable bonds is 9. The van der Waals surface area contributed by atoms with Crippen LogP contribution in [0.4, 0.5) is 0 Å². The van der Waals surface area contributed by atoms with Crippen LogP contribution in [-0.2, 0) is 4.74 Å². The lowest BCUT2D eigenvalue weighted by molar-refractivity contribution is 0.00752. The zero-order chi connectivity index (χ0) is 18.8. The van der Waals surface area contributed by atoms with Crippen molar-refractivity contribution < 1.29 is 4.74 Å². The molecule has 1 unspecified atom stereocenters. The topological polar surface area (TPSA) is 52.1 Å². The van der Waals surface area contributed by atoms with Crippen molar-refractivity contribution in [2.24, 2.45) is 10.9 Å². The van der Waals surface area contributed by atoms with E-state index in [2.05, 4.69) is 67.0 Å². The summed E-state index contributed by atoms with van der Waals surface area (Å²) in [4.78, 5) is 9.41. The fraction of sp³-hybridized carbons (Fsp3) is 0.947. The molecule has 1 aliphatic rings. The van der Waals surface area contributed by atoms with Gasteiger partial charge in [-0.2, -0.15) is 0 Å². The maximum Gasteiger partial charge on any atom is 0.191 e. The summed E-state index contributed by atoms with van der Waals surface area (Å²) in [6.45, 7) is 20.2. The van der Waals surface area contributed by atoms with Gasteiger partial charge in [-0.1, -0.05) is 13.8 Å². The van der Waals surface area contributed by atoms with Crippen LogP contribution in [0.15, 0.2) is 4.99 Å². The first-order chi connectivity index (χ1) is 11.9. The van der Waals surface area contributed by atoms with E-state index in [4.69, 9.17) is 4.74 Å². The Morgan fingerprint density at radius 2 is 1.62 bits per heavy atom. The highest BCUT2D eigenvalue weighted by Gasteiger charge is 2.23. The highest BCUT2D eigenvalue weighted by molar-refractivity contribution is 14.0. The lowest BCUT2D eigenvalue weighted by Crippen LogP contribution is -2.53. The average Bonchev–Trinajstić information content (AvgIpc) is 2.56. The SMILES string of the molecule is CN=C(NCCN(C(C)C)C(C)C)NCC(C(C)C)N1CCOCC1.I. The van der Waals surface area contributed by atoms with Crippen molar-refractivity contribution >= 4 is 29.9 Å². The van der Waals surface area contributed by atoms with Crippen LogP contribution in [0, 0.1) is 5.92 Å². The Hall–Kier alpha value is -0.120. The molecule has 0 aromatic carbocycles.